The molecule has 4 heteroatoms. The Bertz CT molecular complexity index is 634. The van der Waals surface area contributed by atoms with Crippen LogP contribution in [0.2, 0.25) is 0 Å². The van der Waals surface area contributed by atoms with Gasteiger partial charge in [-0.25, -0.2) is 0 Å². The van der Waals surface area contributed by atoms with E-state index in [1.54, 1.807) is 7.11 Å². The van der Waals surface area contributed by atoms with Crippen LogP contribution in [0.1, 0.15) is 50.3 Å². The minimum absolute atomic E-state index is 0.159. The minimum atomic E-state index is 0.159. The number of hydrogen-bond donors (Lipinski definition) is 1. The number of benzene rings is 1. The van der Waals surface area contributed by atoms with Gasteiger partial charge in [0.2, 0.25) is 0 Å². The maximum absolute atomic E-state index is 5.83. The molecule has 0 saturated heterocycles. The topological polar surface area (TPSA) is 43.6 Å². The van der Waals surface area contributed by atoms with Crippen LogP contribution in [0.15, 0.2) is 34.7 Å². The van der Waals surface area contributed by atoms with Gasteiger partial charge in [-0.05, 0) is 56.0 Å². The van der Waals surface area contributed by atoms with Crippen LogP contribution >= 0.6 is 0 Å². The van der Waals surface area contributed by atoms with Gasteiger partial charge in [-0.15, -0.1) is 0 Å². The number of ether oxygens (including phenoxy) is 2. The van der Waals surface area contributed by atoms with Crippen molar-refractivity contribution in [3.63, 3.8) is 0 Å². The van der Waals surface area contributed by atoms with Crippen molar-refractivity contribution < 1.29 is 13.9 Å². The molecule has 1 heterocycles. The van der Waals surface area contributed by atoms with Crippen molar-refractivity contribution in [2.75, 3.05) is 13.7 Å². The van der Waals surface area contributed by atoms with Crippen molar-refractivity contribution in [1.82, 2.24) is 5.32 Å². The predicted octanol–water partition coefficient (Wildman–Crippen LogP) is 4.87. The van der Waals surface area contributed by atoms with Crippen molar-refractivity contribution in [2.45, 2.75) is 46.7 Å². The highest BCUT2D eigenvalue weighted by atomic mass is 16.5. The second kappa shape index (κ2) is 8.78. The van der Waals surface area contributed by atoms with E-state index in [0.717, 1.165) is 41.5 Å². The number of methoxy groups -OCH3 is 1. The zero-order chi connectivity index (χ0) is 17.5. The number of hydrogen-bond acceptors (Lipinski definition) is 4. The Hall–Kier alpha value is -1.94. The summed E-state index contributed by atoms with van der Waals surface area (Å²) in [6.07, 6.45) is 1.03. The molecule has 0 aliphatic rings. The van der Waals surface area contributed by atoms with Crippen LogP contribution in [-0.2, 0) is 6.54 Å². The van der Waals surface area contributed by atoms with Crippen molar-refractivity contribution in [3.05, 3.63) is 47.4 Å². The number of aryl methyl sites for hydroxylation is 1. The number of nitrogens with one attached hydrogen (secondary N) is 1. The molecule has 24 heavy (non-hydrogen) atoms. The molecule has 4 nitrogen and oxygen atoms in total. The van der Waals surface area contributed by atoms with Gasteiger partial charge in [-0.3, -0.25) is 0 Å². The molecule has 0 amide bonds. The lowest BCUT2D eigenvalue weighted by Gasteiger charge is -2.15. The molecule has 2 aromatic rings. The monoisotopic (exact) mass is 331 g/mol. The minimum Gasteiger partial charge on any atom is -0.493 e. The molecule has 1 unspecified atom stereocenters. The lowest BCUT2D eigenvalue weighted by atomic mass is 10.1. The van der Waals surface area contributed by atoms with E-state index >= 15 is 0 Å². The molecule has 0 aliphatic carbocycles. The van der Waals surface area contributed by atoms with Crippen LogP contribution < -0.4 is 14.8 Å². The van der Waals surface area contributed by atoms with Crippen LogP contribution in [0.25, 0.3) is 0 Å². The Kier molecular flexibility index (Phi) is 6.73. The molecule has 0 fully saturated rings. The highest BCUT2D eigenvalue weighted by molar-refractivity contribution is 5.43. The predicted molar refractivity (Wildman–Crippen MR) is 96.6 cm³/mol. The van der Waals surface area contributed by atoms with E-state index < -0.39 is 0 Å². The summed E-state index contributed by atoms with van der Waals surface area (Å²) >= 11 is 0. The third kappa shape index (κ3) is 5.31. The molecule has 0 aliphatic heterocycles. The molecule has 132 valence electrons. The standard InChI is InChI=1S/C20H29NO3/c1-14(2)10-11-23-19-9-7-17(12-20(19)22-5)13-21-16(4)18-8-6-15(3)24-18/h6-9,12,14,16,21H,10-11,13H2,1-5H3. The Labute approximate surface area is 145 Å². The summed E-state index contributed by atoms with van der Waals surface area (Å²) in [5.74, 6) is 4.10. The highest BCUT2D eigenvalue weighted by Gasteiger charge is 2.10. The third-order valence-electron chi connectivity index (χ3n) is 3.98. The average Bonchev–Trinajstić information content (AvgIpc) is 2.99. The summed E-state index contributed by atoms with van der Waals surface area (Å²) in [5.41, 5.74) is 1.15. The average molecular weight is 331 g/mol. The first kappa shape index (κ1) is 18.4. The molecule has 1 aromatic carbocycles. The SMILES string of the molecule is COc1cc(CNC(C)c2ccc(C)o2)ccc1OCCC(C)C. The highest BCUT2D eigenvalue weighted by Crippen LogP contribution is 2.28. The molecule has 1 aromatic heterocycles. The van der Waals surface area contributed by atoms with E-state index in [1.807, 2.05) is 31.2 Å². The Morgan fingerprint density at radius 2 is 1.88 bits per heavy atom. The van der Waals surface area contributed by atoms with Gasteiger partial charge in [0.15, 0.2) is 11.5 Å². The van der Waals surface area contributed by atoms with Gasteiger partial charge < -0.3 is 19.2 Å². The first-order chi connectivity index (χ1) is 11.5. The molecule has 0 radical (unpaired) electrons. The van der Waals surface area contributed by atoms with E-state index in [9.17, 15) is 0 Å². The second-order valence-electron chi connectivity index (χ2n) is 6.57. The van der Waals surface area contributed by atoms with Gasteiger partial charge >= 0.3 is 0 Å². The molecule has 2 rings (SSSR count). The van der Waals surface area contributed by atoms with Gasteiger partial charge in [-0.2, -0.15) is 0 Å². The summed E-state index contributed by atoms with van der Waals surface area (Å²) in [4.78, 5) is 0. The fraction of sp³-hybridized carbons (Fsp3) is 0.500. The number of furan rings is 1. The van der Waals surface area contributed by atoms with Crippen LogP contribution in [0, 0.1) is 12.8 Å². The first-order valence-electron chi connectivity index (χ1n) is 8.59. The fourth-order valence-corrected chi connectivity index (χ4v) is 2.40. The summed E-state index contributed by atoms with van der Waals surface area (Å²) in [7, 11) is 1.68. The lowest BCUT2D eigenvalue weighted by Crippen LogP contribution is -2.17. The normalized spacial score (nSPS) is 12.4. The number of rotatable bonds is 9. The molecule has 1 atom stereocenters. The van der Waals surface area contributed by atoms with Gasteiger partial charge in [0.25, 0.3) is 0 Å². The van der Waals surface area contributed by atoms with Crippen LogP contribution in [0.3, 0.4) is 0 Å². The van der Waals surface area contributed by atoms with Gasteiger partial charge in [0.1, 0.15) is 11.5 Å². The van der Waals surface area contributed by atoms with Crippen LogP contribution in [0.4, 0.5) is 0 Å². The van der Waals surface area contributed by atoms with Gasteiger partial charge in [0, 0.05) is 6.54 Å². The van der Waals surface area contributed by atoms with Crippen LogP contribution in [-0.4, -0.2) is 13.7 Å². The maximum Gasteiger partial charge on any atom is 0.161 e. The second-order valence-corrected chi connectivity index (χ2v) is 6.57. The molecular formula is C20H29NO3. The lowest BCUT2D eigenvalue weighted by molar-refractivity contribution is 0.273. The largest absolute Gasteiger partial charge is 0.493 e. The fourth-order valence-electron chi connectivity index (χ4n) is 2.40. The summed E-state index contributed by atoms with van der Waals surface area (Å²) in [6.45, 7) is 9.89. The molecule has 0 saturated carbocycles. The summed E-state index contributed by atoms with van der Waals surface area (Å²) in [5, 5.41) is 3.47. The van der Waals surface area contributed by atoms with Crippen molar-refractivity contribution in [1.29, 1.82) is 0 Å². The van der Waals surface area contributed by atoms with Crippen molar-refractivity contribution in [2.24, 2.45) is 5.92 Å². The molecule has 1 N–H and O–H groups in total. The molecular weight excluding hydrogens is 302 g/mol. The van der Waals surface area contributed by atoms with Crippen molar-refractivity contribution in [3.8, 4) is 11.5 Å². The first-order valence-corrected chi connectivity index (χ1v) is 8.59. The van der Waals surface area contributed by atoms with E-state index in [4.69, 9.17) is 13.9 Å². The Morgan fingerprint density at radius 3 is 2.50 bits per heavy atom. The van der Waals surface area contributed by atoms with E-state index in [1.165, 1.54) is 0 Å². The van der Waals surface area contributed by atoms with Crippen LogP contribution in [0.5, 0.6) is 11.5 Å². The zero-order valence-electron chi connectivity index (χ0n) is 15.4. The van der Waals surface area contributed by atoms with E-state index in [0.29, 0.717) is 12.5 Å². The Morgan fingerprint density at radius 1 is 1.08 bits per heavy atom. The van der Waals surface area contributed by atoms with Crippen molar-refractivity contribution >= 4 is 0 Å². The molecule has 0 bridgehead atoms. The van der Waals surface area contributed by atoms with Gasteiger partial charge in [-0.1, -0.05) is 19.9 Å². The summed E-state index contributed by atoms with van der Waals surface area (Å²) < 4.78 is 17.0. The van der Waals surface area contributed by atoms with E-state index in [-0.39, 0.29) is 6.04 Å². The smallest absolute Gasteiger partial charge is 0.161 e. The quantitative estimate of drug-likeness (QED) is 0.712. The maximum atomic E-state index is 5.83. The van der Waals surface area contributed by atoms with Gasteiger partial charge in [0.05, 0.1) is 19.8 Å². The zero-order valence-corrected chi connectivity index (χ0v) is 15.4. The summed E-state index contributed by atoms with van der Waals surface area (Å²) in [6, 6.07) is 10.2. The molecule has 0 spiro atoms. The van der Waals surface area contributed by atoms with E-state index in [2.05, 4.69) is 32.2 Å². The third-order valence-corrected chi connectivity index (χ3v) is 3.98. The Balaban J connectivity index is 1.93.